The van der Waals surface area contributed by atoms with Gasteiger partial charge in [-0.05, 0) is 26.8 Å². The first-order chi connectivity index (χ1) is 10.1. The summed E-state index contributed by atoms with van der Waals surface area (Å²) in [4.78, 5) is 17.2. The molecule has 6 nitrogen and oxygen atoms in total. The zero-order valence-corrected chi connectivity index (χ0v) is 13.2. The third-order valence-corrected chi connectivity index (χ3v) is 4.88. The molecule has 0 bridgehead atoms. The number of carbonyl (C=O) groups excluding carboxylic acids is 1. The Bertz CT molecular complexity index is 524. The van der Waals surface area contributed by atoms with Gasteiger partial charge in [0.25, 0.3) is 5.91 Å². The molecule has 1 aromatic rings. The molecule has 0 aliphatic carbocycles. The number of hydrogen-bond donors (Lipinski definition) is 1. The fourth-order valence-electron chi connectivity index (χ4n) is 3.48. The maximum atomic E-state index is 12.7. The quantitative estimate of drug-likeness (QED) is 0.843. The van der Waals surface area contributed by atoms with E-state index in [0.717, 1.165) is 56.2 Å². The number of nitrogens with one attached hydrogen (secondary N) is 1. The molecular formula is C15H25N5O. The zero-order chi connectivity index (χ0) is 15.0. The number of amides is 1. The van der Waals surface area contributed by atoms with E-state index in [1.54, 1.807) is 4.68 Å². The molecule has 0 spiro atoms. The molecule has 1 aromatic heterocycles. The Labute approximate surface area is 126 Å². The number of aromatic nitrogens is 2. The van der Waals surface area contributed by atoms with Gasteiger partial charge < -0.3 is 10.2 Å². The summed E-state index contributed by atoms with van der Waals surface area (Å²) in [5.74, 6) is 0.141. The van der Waals surface area contributed by atoms with Crippen LogP contribution in [0, 0.1) is 13.8 Å². The third kappa shape index (κ3) is 2.70. The molecule has 0 radical (unpaired) electrons. The van der Waals surface area contributed by atoms with Crippen LogP contribution in [0.2, 0.25) is 0 Å². The largest absolute Gasteiger partial charge is 0.336 e. The molecule has 2 fully saturated rings. The lowest BCUT2D eigenvalue weighted by Crippen LogP contribution is -2.52. The fraction of sp³-hybridized carbons (Fsp3) is 0.733. The SMILES string of the molecule is Cc1nn(C)c(C)c1C(=O)N1CCN(C2CCNC2)CC1. The molecule has 3 rings (SSSR count). The van der Waals surface area contributed by atoms with Crippen molar-refractivity contribution in [2.24, 2.45) is 7.05 Å². The molecule has 0 aromatic carbocycles. The number of carbonyl (C=O) groups is 1. The van der Waals surface area contributed by atoms with Crippen molar-refractivity contribution < 1.29 is 4.79 Å². The van der Waals surface area contributed by atoms with Crippen molar-refractivity contribution in [2.45, 2.75) is 26.3 Å². The topological polar surface area (TPSA) is 53.4 Å². The van der Waals surface area contributed by atoms with Gasteiger partial charge in [0.15, 0.2) is 0 Å². The third-order valence-electron chi connectivity index (χ3n) is 4.88. The molecule has 3 heterocycles. The number of hydrogen-bond acceptors (Lipinski definition) is 4. The number of aryl methyl sites for hydroxylation is 2. The van der Waals surface area contributed by atoms with E-state index < -0.39 is 0 Å². The highest BCUT2D eigenvalue weighted by atomic mass is 16.2. The van der Waals surface area contributed by atoms with Crippen molar-refractivity contribution in [3.8, 4) is 0 Å². The maximum absolute atomic E-state index is 12.7. The number of piperazine rings is 1. The van der Waals surface area contributed by atoms with Crippen molar-refractivity contribution in [3.05, 3.63) is 17.0 Å². The molecule has 2 aliphatic rings. The predicted molar refractivity (Wildman–Crippen MR) is 81.4 cm³/mol. The van der Waals surface area contributed by atoms with E-state index >= 15 is 0 Å². The molecule has 1 unspecified atom stereocenters. The first kappa shape index (κ1) is 14.5. The van der Waals surface area contributed by atoms with Crippen LogP contribution in [-0.4, -0.2) is 70.8 Å². The van der Waals surface area contributed by atoms with Gasteiger partial charge in [-0.3, -0.25) is 14.4 Å². The smallest absolute Gasteiger partial charge is 0.257 e. The van der Waals surface area contributed by atoms with Gasteiger partial charge in [0.05, 0.1) is 11.3 Å². The highest BCUT2D eigenvalue weighted by Crippen LogP contribution is 2.18. The minimum Gasteiger partial charge on any atom is -0.336 e. The van der Waals surface area contributed by atoms with Crippen LogP contribution in [0.15, 0.2) is 0 Å². The Morgan fingerprint density at radius 1 is 1.24 bits per heavy atom. The van der Waals surface area contributed by atoms with Gasteiger partial charge in [0.2, 0.25) is 0 Å². The van der Waals surface area contributed by atoms with E-state index in [-0.39, 0.29) is 5.91 Å². The summed E-state index contributed by atoms with van der Waals surface area (Å²) in [5, 5.41) is 7.77. The minimum absolute atomic E-state index is 0.141. The van der Waals surface area contributed by atoms with Gasteiger partial charge in [-0.15, -0.1) is 0 Å². The molecule has 2 saturated heterocycles. The van der Waals surface area contributed by atoms with Crippen molar-refractivity contribution in [1.29, 1.82) is 0 Å². The average molecular weight is 291 g/mol. The molecule has 6 heteroatoms. The Balaban J connectivity index is 1.65. The van der Waals surface area contributed by atoms with Crippen LogP contribution in [0.1, 0.15) is 28.2 Å². The maximum Gasteiger partial charge on any atom is 0.257 e. The van der Waals surface area contributed by atoms with Gasteiger partial charge in [-0.1, -0.05) is 0 Å². The number of nitrogens with zero attached hydrogens (tertiary/aromatic N) is 4. The summed E-state index contributed by atoms with van der Waals surface area (Å²) in [6, 6.07) is 0.657. The normalized spacial score (nSPS) is 23.8. The van der Waals surface area contributed by atoms with E-state index in [1.165, 1.54) is 6.42 Å². The van der Waals surface area contributed by atoms with E-state index in [0.29, 0.717) is 6.04 Å². The van der Waals surface area contributed by atoms with Crippen LogP contribution in [0.3, 0.4) is 0 Å². The molecule has 116 valence electrons. The van der Waals surface area contributed by atoms with Gasteiger partial charge >= 0.3 is 0 Å². The molecule has 21 heavy (non-hydrogen) atoms. The lowest BCUT2D eigenvalue weighted by molar-refractivity contribution is 0.0582. The molecule has 2 aliphatic heterocycles. The summed E-state index contributed by atoms with van der Waals surface area (Å²) in [7, 11) is 1.89. The lowest BCUT2D eigenvalue weighted by atomic mass is 10.1. The summed E-state index contributed by atoms with van der Waals surface area (Å²) in [6.45, 7) is 9.71. The summed E-state index contributed by atoms with van der Waals surface area (Å²) >= 11 is 0. The fourth-order valence-corrected chi connectivity index (χ4v) is 3.48. The van der Waals surface area contributed by atoms with Crippen molar-refractivity contribution in [1.82, 2.24) is 24.9 Å². The second kappa shape index (κ2) is 5.77. The van der Waals surface area contributed by atoms with Crippen molar-refractivity contribution in [2.75, 3.05) is 39.3 Å². The monoisotopic (exact) mass is 291 g/mol. The van der Waals surface area contributed by atoms with Crippen LogP contribution in [-0.2, 0) is 7.05 Å². The first-order valence-electron chi connectivity index (χ1n) is 7.82. The van der Waals surface area contributed by atoms with Gasteiger partial charge in [0, 0.05) is 51.5 Å². The summed E-state index contributed by atoms with van der Waals surface area (Å²) in [5.41, 5.74) is 2.58. The Morgan fingerprint density at radius 3 is 2.48 bits per heavy atom. The second-order valence-electron chi connectivity index (χ2n) is 6.14. The van der Waals surface area contributed by atoms with Gasteiger partial charge in [-0.25, -0.2) is 0 Å². The highest BCUT2D eigenvalue weighted by Gasteiger charge is 2.30. The van der Waals surface area contributed by atoms with Crippen LogP contribution < -0.4 is 5.32 Å². The van der Waals surface area contributed by atoms with E-state index in [9.17, 15) is 4.79 Å². The Morgan fingerprint density at radius 2 is 1.95 bits per heavy atom. The number of rotatable bonds is 2. The Kier molecular flexibility index (Phi) is 3.99. The van der Waals surface area contributed by atoms with Crippen molar-refractivity contribution >= 4 is 5.91 Å². The second-order valence-corrected chi connectivity index (χ2v) is 6.14. The van der Waals surface area contributed by atoms with Crippen LogP contribution in [0.25, 0.3) is 0 Å². The molecular weight excluding hydrogens is 266 g/mol. The summed E-state index contributed by atoms with van der Waals surface area (Å²) < 4.78 is 1.79. The molecule has 1 N–H and O–H groups in total. The van der Waals surface area contributed by atoms with Crippen LogP contribution in [0.5, 0.6) is 0 Å². The van der Waals surface area contributed by atoms with E-state index in [1.807, 2.05) is 25.8 Å². The van der Waals surface area contributed by atoms with Gasteiger partial charge in [0.1, 0.15) is 0 Å². The van der Waals surface area contributed by atoms with Crippen LogP contribution >= 0.6 is 0 Å². The zero-order valence-electron chi connectivity index (χ0n) is 13.2. The standard InChI is InChI=1S/C15H25N5O/c1-11-14(12(2)18(3)17-11)15(21)20-8-6-19(7-9-20)13-4-5-16-10-13/h13,16H,4-10H2,1-3H3. The highest BCUT2D eigenvalue weighted by molar-refractivity contribution is 5.96. The van der Waals surface area contributed by atoms with Gasteiger partial charge in [-0.2, -0.15) is 5.10 Å². The van der Waals surface area contributed by atoms with E-state index in [4.69, 9.17) is 0 Å². The Hall–Kier alpha value is -1.40. The lowest BCUT2D eigenvalue weighted by Gasteiger charge is -2.37. The molecule has 1 amide bonds. The van der Waals surface area contributed by atoms with E-state index in [2.05, 4.69) is 15.3 Å². The molecule has 0 saturated carbocycles. The van der Waals surface area contributed by atoms with Crippen molar-refractivity contribution in [3.63, 3.8) is 0 Å². The minimum atomic E-state index is 0.141. The first-order valence-corrected chi connectivity index (χ1v) is 7.82. The predicted octanol–water partition coefficient (Wildman–Crippen LogP) is 0.157. The summed E-state index contributed by atoms with van der Waals surface area (Å²) in [6.07, 6.45) is 1.23. The molecule has 1 atom stereocenters. The van der Waals surface area contributed by atoms with Crippen LogP contribution in [0.4, 0.5) is 0 Å². The average Bonchev–Trinajstić information content (AvgIpc) is 3.08.